The molecular formula is C19H16BrNO2S2. The van der Waals surface area contributed by atoms with Crippen LogP contribution in [0.25, 0.3) is 6.08 Å². The summed E-state index contributed by atoms with van der Waals surface area (Å²) in [7, 11) is 0. The van der Waals surface area contributed by atoms with E-state index in [1.54, 1.807) is 0 Å². The number of carbonyl (C=O) groups excluding carboxylic acids is 1. The molecule has 1 fully saturated rings. The summed E-state index contributed by atoms with van der Waals surface area (Å²) in [5, 5.41) is 2.63. The number of carbonyl (C=O) groups is 1. The minimum absolute atomic E-state index is 0.171. The molecule has 2 aromatic rings. The van der Waals surface area contributed by atoms with Crippen molar-refractivity contribution in [1.82, 2.24) is 5.32 Å². The average Bonchev–Trinajstić information content (AvgIpc) is 2.87. The molecule has 6 heteroatoms. The van der Waals surface area contributed by atoms with Gasteiger partial charge in [0.25, 0.3) is 5.91 Å². The molecule has 3 nitrogen and oxygen atoms in total. The molecule has 1 saturated heterocycles. The third-order valence-electron chi connectivity index (χ3n) is 3.79. The van der Waals surface area contributed by atoms with Crippen molar-refractivity contribution < 1.29 is 9.53 Å². The molecule has 1 aliphatic heterocycles. The lowest BCUT2D eigenvalue weighted by Crippen LogP contribution is -2.17. The average molecular weight is 434 g/mol. The smallest absolute Gasteiger partial charge is 0.263 e. The third kappa shape index (κ3) is 4.51. The first-order chi connectivity index (χ1) is 11.9. The molecule has 0 bridgehead atoms. The predicted octanol–water partition coefficient (Wildman–Crippen LogP) is 5.13. The number of thioether (sulfide) groups is 1. The molecule has 3 rings (SSSR count). The van der Waals surface area contributed by atoms with E-state index in [2.05, 4.69) is 53.3 Å². The Kier molecular flexibility index (Phi) is 5.61. The van der Waals surface area contributed by atoms with Crippen LogP contribution < -0.4 is 10.1 Å². The summed E-state index contributed by atoms with van der Waals surface area (Å²) in [5.74, 6) is 0.554. The minimum atomic E-state index is -0.171. The maximum Gasteiger partial charge on any atom is 0.263 e. The van der Waals surface area contributed by atoms with Crippen molar-refractivity contribution in [3.05, 3.63) is 68.0 Å². The topological polar surface area (TPSA) is 38.3 Å². The number of aryl methyl sites for hydroxylation is 2. The maximum absolute atomic E-state index is 11.9. The molecule has 0 aromatic heterocycles. The Hall–Kier alpha value is -1.63. The first kappa shape index (κ1) is 18.2. The fourth-order valence-corrected chi connectivity index (χ4v) is 3.85. The van der Waals surface area contributed by atoms with Crippen LogP contribution in [-0.2, 0) is 11.4 Å². The Morgan fingerprint density at radius 3 is 2.76 bits per heavy atom. The van der Waals surface area contributed by atoms with Gasteiger partial charge in [0.15, 0.2) is 0 Å². The first-order valence-corrected chi connectivity index (χ1v) is 9.67. The van der Waals surface area contributed by atoms with Crippen LogP contribution in [0.3, 0.4) is 0 Å². The first-order valence-electron chi connectivity index (χ1n) is 7.66. The number of halogens is 1. The van der Waals surface area contributed by atoms with E-state index in [4.69, 9.17) is 17.0 Å². The molecule has 0 saturated carbocycles. The lowest BCUT2D eigenvalue weighted by molar-refractivity contribution is -0.115. The van der Waals surface area contributed by atoms with Gasteiger partial charge in [0.1, 0.15) is 16.7 Å². The van der Waals surface area contributed by atoms with Gasteiger partial charge in [-0.15, -0.1) is 0 Å². The van der Waals surface area contributed by atoms with Crippen LogP contribution in [0, 0.1) is 13.8 Å². The Bertz CT molecular complexity index is 893. The summed E-state index contributed by atoms with van der Waals surface area (Å²) in [5.41, 5.74) is 4.38. The van der Waals surface area contributed by atoms with Gasteiger partial charge in [-0.2, -0.15) is 0 Å². The second-order valence-electron chi connectivity index (χ2n) is 5.75. The fraction of sp³-hybridized carbons (Fsp3) is 0.158. The maximum atomic E-state index is 11.9. The summed E-state index contributed by atoms with van der Waals surface area (Å²) >= 11 is 9.77. The predicted molar refractivity (Wildman–Crippen MR) is 111 cm³/mol. The van der Waals surface area contributed by atoms with Gasteiger partial charge >= 0.3 is 0 Å². The molecule has 0 radical (unpaired) electrons. The van der Waals surface area contributed by atoms with Gasteiger partial charge in [-0.05, 0) is 49.2 Å². The zero-order valence-corrected chi connectivity index (χ0v) is 17.0. The molecule has 1 amide bonds. The standard InChI is InChI=1S/C19H16BrNO2S2/c1-11-3-4-12(2)14(7-11)10-23-16-6-5-15(20)8-13(16)9-17-18(22)21-19(24)25-17/h3-9H,10H2,1-2H3,(H,21,22,24). The molecule has 128 valence electrons. The van der Waals surface area contributed by atoms with Crippen molar-refractivity contribution in [2.24, 2.45) is 0 Å². The zero-order valence-electron chi connectivity index (χ0n) is 13.8. The van der Waals surface area contributed by atoms with E-state index < -0.39 is 0 Å². The van der Waals surface area contributed by atoms with E-state index >= 15 is 0 Å². The Labute approximate surface area is 165 Å². The van der Waals surface area contributed by atoms with E-state index in [-0.39, 0.29) is 5.91 Å². The van der Waals surface area contributed by atoms with Crippen molar-refractivity contribution in [1.29, 1.82) is 0 Å². The number of hydrogen-bond donors (Lipinski definition) is 1. The monoisotopic (exact) mass is 433 g/mol. The second-order valence-corrected chi connectivity index (χ2v) is 8.39. The van der Waals surface area contributed by atoms with Crippen molar-refractivity contribution in [2.45, 2.75) is 20.5 Å². The zero-order chi connectivity index (χ0) is 18.0. The van der Waals surface area contributed by atoms with Gasteiger partial charge in [-0.25, -0.2) is 0 Å². The number of ether oxygens (including phenoxy) is 1. The van der Waals surface area contributed by atoms with E-state index in [1.807, 2.05) is 24.3 Å². The van der Waals surface area contributed by atoms with E-state index in [0.717, 1.165) is 21.3 Å². The molecular weight excluding hydrogens is 418 g/mol. The molecule has 1 aliphatic rings. The highest BCUT2D eigenvalue weighted by Crippen LogP contribution is 2.31. The highest BCUT2D eigenvalue weighted by molar-refractivity contribution is 9.10. The molecule has 25 heavy (non-hydrogen) atoms. The number of amides is 1. The summed E-state index contributed by atoms with van der Waals surface area (Å²) in [6.07, 6.45) is 1.81. The Balaban J connectivity index is 1.87. The quantitative estimate of drug-likeness (QED) is 0.535. The van der Waals surface area contributed by atoms with E-state index in [1.165, 1.54) is 22.9 Å². The van der Waals surface area contributed by atoms with Crippen LogP contribution in [0.2, 0.25) is 0 Å². The molecule has 1 N–H and O–H groups in total. The highest BCUT2D eigenvalue weighted by Gasteiger charge is 2.22. The van der Waals surface area contributed by atoms with Crippen LogP contribution in [0.4, 0.5) is 0 Å². The highest BCUT2D eigenvalue weighted by atomic mass is 79.9. The molecule has 0 atom stereocenters. The van der Waals surface area contributed by atoms with Crippen molar-refractivity contribution >= 4 is 56.2 Å². The second kappa shape index (κ2) is 7.72. The Morgan fingerprint density at radius 2 is 2.04 bits per heavy atom. The summed E-state index contributed by atoms with van der Waals surface area (Å²) in [4.78, 5) is 12.5. The summed E-state index contributed by atoms with van der Waals surface area (Å²) in [6.45, 7) is 4.61. The normalized spacial score (nSPS) is 15.6. The van der Waals surface area contributed by atoms with Crippen molar-refractivity contribution in [3.8, 4) is 5.75 Å². The number of rotatable bonds is 4. The van der Waals surface area contributed by atoms with Crippen LogP contribution in [0.1, 0.15) is 22.3 Å². The lowest BCUT2D eigenvalue weighted by atomic mass is 10.1. The number of benzene rings is 2. The van der Waals surface area contributed by atoms with Crippen molar-refractivity contribution in [2.75, 3.05) is 0 Å². The number of nitrogens with one attached hydrogen (secondary N) is 1. The molecule has 2 aromatic carbocycles. The van der Waals surface area contributed by atoms with E-state index in [9.17, 15) is 4.79 Å². The minimum Gasteiger partial charge on any atom is -0.488 e. The van der Waals surface area contributed by atoms with Gasteiger partial charge in [-0.1, -0.05) is 63.7 Å². The molecule has 0 unspecified atom stereocenters. The summed E-state index contributed by atoms with van der Waals surface area (Å²) in [6, 6.07) is 12.1. The van der Waals surface area contributed by atoms with Gasteiger partial charge in [0.2, 0.25) is 0 Å². The Morgan fingerprint density at radius 1 is 1.24 bits per heavy atom. The van der Waals surface area contributed by atoms with Gasteiger partial charge in [0.05, 0.1) is 4.91 Å². The van der Waals surface area contributed by atoms with Crippen LogP contribution >= 0.6 is 39.9 Å². The fourth-order valence-electron chi connectivity index (χ4n) is 2.44. The van der Waals surface area contributed by atoms with Crippen LogP contribution in [0.15, 0.2) is 45.8 Å². The largest absolute Gasteiger partial charge is 0.488 e. The molecule has 0 spiro atoms. The molecule has 0 aliphatic carbocycles. The number of thiocarbonyl (C=S) groups is 1. The van der Waals surface area contributed by atoms with Gasteiger partial charge < -0.3 is 10.1 Å². The molecule has 1 heterocycles. The van der Waals surface area contributed by atoms with Gasteiger partial charge in [0, 0.05) is 10.0 Å². The number of hydrogen-bond acceptors (Lipinski definition) is 4. The summed E-state index contributed by atoms with van der Waals surface area (Å²) < 4.78 is 7.44. The SMILES string of the molecule is Cc1ccc(C)c(COc2ccc(Br)cc2C=C2SC(=S)NC2=O)c1. The van der Waals surface area contributed by atoms with E-state index in [0.29, 0.717) is 15.8 Å². The third-order valence-corrected chi connectivity index (χ3v) is 5.44. The van der Waals surface area contributed by atoms with Crippen molar-refractivity contribution in [3.63, 3.8) is 0 Å². The van der Waals surface area contributed by atoms with Gasteiger partial charge in [-0.3, -0.25) is 4.79 Å². The van der Waals surface area contributed by atoms with Crippen LogP contribution in [-0.4, -0.2) is 10.2 Å². The lowest BCUT2D eigenvalue weighted by Gasteiger charge is -2.12. The van der Waals surface area contributed by atoms with Crippen LogP contribution in [0.5, 0.6) is 5.75 Å².